The van der Waals surface area contributed by atoms with Gasteiger partial charge in [-0.2, -0.15) is 0 Å². The molecule has 18 heavy (non-hydrogen) atoms. The van der Waals surface area contributed by atoms with Crippen LogP contribution in [0, 0.1) is 5.92 Å². The van der Waals surface area contributed by atoms with E-state index in [1.54, 1.807) is 0 Å². The predicted octanol–water partition coefficient (Wildman–Crippen LogP) is 2.91. The van der Waals surface area contributed by atoms with Gasteiger partial charge in [0.15, 0.2) is 0 Å². The average Bonchev–Trinajstić information content (AvgIpc) is 2.84. The second-order valence-electron chi connectivity index (χ2n) is 5.45. The maximum atomic E-state index is 5.79. The van der Waals surface area contributed by atoms with Gasteiger partial charge in [0.05, 0.1) is 0 Å². The number of aromatic nitrogens is 2. The Hall–Kier alpha value is -0.900. The molecule has 1 aliphatic rings. The van der Waals surface area contributed by atoms with Crippen molar-refractivity contribution in [2.75, 3.05) is 13.1 Å². The molecule has 1 aromatic rings. The highest BCUT2D eigenvalue weighted by molar-refractivity contribution is 4.94. The molecular formula is C14H25N3O. The number of hydrogen-bond donors (Lipinski definition) is 1. The van der Waals surface area contributed by atoms with Gasteiger partial charge < -0.3 is 9.73 Å². The van der Waals surface area contributed by atoms with Gasteiger partial charge in [-0.15, -0.1) is 10.2 Å². The van der Waals surface area contributed by atoms with Crippen LogP contribution in [0.3, 0.4) is 0 Å². The van der Waals surface area contributed by atoms with Crippen molar-refractivity contribution < 1.29 is 4.42 Å². The summed E-state index contributed by atoms with van der Waals surface area (Å²) in [5, 5.41) is 11.7. The highest BCUT2D eigenvalue weighted by atomic mass is 16.4. The highest BCUT2D eigenvalue weighted by Gasteiger charge is 2.24. The smallest absolute Gasteiger partial charge is 0.219 e. The summed E-state index contributed by atoms with van der Waals surface area (Å²) in [7, 11) is 0. The fourth-order valence-corrected chi connectivity index (χ4v) is 2.58. The Balaban J connectivity index is 1.78. The van der Waals surface area contributed by atoms with Crippen molar-refractivity contribution in [3.8, 4) is 0 Å². The third-order valence-corrected chi connectivity index (χ3v) is 3.84. The van der Waals surface area contributed by atoms with Crippen molar-refractivity contribution in [3.63, 3.8) is 0 Å². The van der Waals surface area contributed by atoms with Crippen molar-refractivity contribution in [1.82, 2.24) is 15.5 Å². The van der Waals surface area contributed by atoms with Crippen molar-refractivity contribution >= 4 is 0 Å². The number of hydrogen-bond acceptors (Lipinski definition) is 4. The van der Waals surface area contributed by atoms with Crippen LogP contribution in [0.25, 0.3) is 0 Å². The minimum Gasteiger partial charge on any atom is -0.425 e. The standard InChI is InChI=1S/C14H25N3O/c1-3-15-10-4-5-13-16-17-14(18-13)12-8-6-11(2)7-9-12/h11-12,15H,3-10H2,1-2H3. The number of nitrogens with zero attached hydrogens (tertiary/aromatic N) is 2. The third-order valence-electron chi connectivity index (χ3n) is 3.84. The zero-order valence-electron chi connectivity index (χ0n) is 11.6. The molecule has 0 saturated heterocycles. The first kappa shape index (κ1) is 13.5. The Bertz CT molecular complexity index is 343. The minimum absolute atomic E-state index is 0.510. The van der Waals surface area contributed by atoms with E-state index in [4.69, 9.17) is 4.42 Å². The molecule has 0 aliphatic heterocycles. The Morgan fingerprint density at radius 1 is 1.22 bits per heavy atom. The van der Waals surface area contributed by atoms with Gasteiger partial charge in [-0.05, 0) is 51.1 Å². The van der Waals surface area contributed by atoms with Crippen LogP contribution in [0.1, 0.15) is 63.7 Å². The first-order valence-corrected chi connectivity index (χ1v) is 7.32. The predicted molar refractivity (Wildman–Crippen MR) is 71.5 cm³/mol. The van der Waals surface area contributed by atoms with Gasteiger partial charge in [0, 0.05) is 12.3 Å². The van der Waals surface area contributed by atoms with E-state index in [1.807, 2.05) is 0 Å². The molecule has 2 rings (SSSR count). The summed E-state index contributed by atoms with van der Waals surface area (Å²) < 4.78 is 5.79. The monoisotopic (exact) mass is 251 g/mol. The Labute approximate surface area is 110 Å². The highest BCUT2D eigenvalue weighted by Crippen LogP contribution is 2.34. The van der Waals surface area contributed by atoms with Crippen LogP contribution in [0.5, 0.6) is 0 Å². The molecule has 0 spiro atoms. The zero-order chi connectivity index (χ0) is 12.8. The third kappa shape index (κ3) is 3.80. The van der Waals surface area contributed by atoms with Gasteiger partial charge in [0.2, 0.25) is 11.8 Å². The molecule has 0 bridgehead atoms. The average molecular weight is 251 g/mol. The second kappa shape index (κ2) is 6.88. The molecule has 1 saturated carbocycles. The van der Waals surface area contributed by atoms with Gasteiger partial charge in [-0.1, -0.05) is 13.8 Å². The largest absolute Gasteiger partial charge is 0.425 e. The minimum atomic E-state index is 0.510. The van der Waals surface area contributed by atoms with E-state index in [9.17, 15) is 0 Å². The lowest BCUT2D eigenvalue weighted by atomic mass is 9.83. The SMILES string of the molecule is CCNCCCc1nnc(C2CCC(C)CC2)o1. The summed E-state index contributed by atoms with van der Waals surface area (Å²) in [6.45, 7) is 6.50. The molecule has 1 aliphatic carbocycles. The van der Waals surface area contributed by atoms with Crippen molar-refractivity contribution in [2.24, 2.45) is 5.92 Å². The van der Waals surface area contributed by atoms with Crippen LogP contribution in [0.2, 0.25) is 0 Å². The van der Waals surface area contributed by atoms with E-state index < -0.39 is 0 Å². The fourth-order valence-electron chi connectivity index (χ4n) is 2.58. The number of aryl methyl sites for hydroxylation is 1. The summed E-state index contributed by atoms with van der Waals surface area (Å²) in [4.78, 5) is 0. The molecule has 1 fully saturated rings. The van der Waals surface area contributed by atoms with E-state index in [2.05, 4.69) is 29.4 Å². The van der Waals surface area contributed by atoms with Gasteiger partial charge in [-0.3, -0.25) is 0 Å². The molecule has 0 amide bonds. The van der Waals surface area contributed by atoms with E-state index >= 15 is 0 Å². The van der Waals surface area contributed by atoms with Gasteiger partial charge in [-0.25, -0.2) is 0 Å². The van der Waals surface area contributed by atoms with Crippen molar-refractivity contribution in [3.05, 3.63) is 11.8 Å². The summed E-state index contributed by atoms with van der Waals surface area (Å²) in [6.07, 6.45) is 6.96. The molecule has 1 heterocycles. The topological polar surface area (TPSA) is 51.0 Å². The molecule has 0 unspecified atom stereocenters. The molecule has 1 N–H and O–H groups in total. The fraction of sp³-hybridized carbons (Fsp3) is 0.857. The van der Waals surface area contributed by atoms with Gasteiger partial charge in [0.25, 0.3) is 0 Å². The van der Waals surface area contributed by atoms with E-state index in [0.29, 0.717) is 5.92 Å². The lowest BCUT2D eigenvalue weighted by Gasteiger charge is -2.23. The van der Waals surface area contributed by atoms with Crippen LogP contribution in [0.4, 0.5) is 0 Å². The summed E-state index contributed by atoms with van der Waals surface area (Å²) >= 11 is 0. The maximum absolute atomic E-state index is 5.79. The van der Waals surface area contributed by atoms with E-state index in [1.165, 1.54) is 25.7 Å². The lowest BCUT2D eigenvalue weighted by Crippen LogP contribution is -2.14. The number of nitrogens with one attached hydrogen (secondary N) is 1. The van der Waals surface area contributed by atoms with Crippen LogP contribution < -0.4 is 5.32 Å². The van der Waals surface area contributed by atoms with Crippen LogP contribution in [0.15, 0.2) is 4.42 Å². The van der Waals surface area contributed by atoms with Gasteiger partial charge >= 0.3 is 0 Å². The van der Waals surface area contributed by atoms with Crippen LogP contribution in [-0.4, -0.2) is 23.3 Å². The van der Waals surface area contributed by atoms with Crippen molar-refractivity contribution in [2.45, 2.75) is 58.3 Å². The molecule has 1 aromatic heterocycles. The number of rotatable bonds is 6. The first-order chi connectivity index (χ1) is 8.79. The molecular weight excluding hydrogens is 226 g/mol. The first-order valence-electron chi connectivity index (χ1n) is 7.32. The van der Waals surface area contributed by atoms with Crippen molar-refractivity contribution in [1.29, 1.82) is 0 Å². The Morgan fingerprint density at radius 2 is 2.00 bits per heavy atom. The summed E-state index contributed by atoms with van der Waals surface area (Å²) in [5.41, 5.74) is 0. The van der Waals surface area contributed by atoms with Crippen LogP contribution >= 0.6 is 0 Å². The lowest BCUT2D eigenvalue weighted by molar-refractivity contribution is 0.301. The molecule has 0 radical (unpaired) electrons. The zero-order valence-corrected chi connectivity index (χ0v) is 11.6. The second-order valence-corrected chi connectivity index (χ2v) is 5.45. The quantitative estimate of drug-likeness (QED) is 0.790. The molecule has 102 valence electrons. The maximum Gasteiger partial charge on any atom is 0.219 e. The summed E-state index contributed by atoms with van der Waals surface area (Å²) in [6, 6.07) is 0. The normalized spacial score (nSPS) is 24.3. The van der Waals surface area contributed by atoms with Gasteiger partial charge in [0.1, 0.15) is 0 Å². The Kier molecular flexibility index (Phi) is 5.17. The van der Waals surface area contributed by atoms with Crippen LogP contribution in [-0.2, 0) is 6.42 Å². The summed E-state index contributed by atoms with van der Waals surface area (Å²) in [5.74, 6) is 3.06. The molecule has 4 heteroatoms. The van der Waals surface area contributed by atoms with E-state index in [0.717, 1.165) is 43.6 Å². The Morgan fingerprint density at radius 3 is 2.72 bits per heavy atom. The molecule has 0 aromatic carbocycles. The molecule has 0 atom stereocenters. The van der Waals surface area contributed by atoms with E-state index in [-0.39, 0.29) is 0 Å². The molecule has 4 nitrogen and oxygen atoms in total.